The van der Waals surface area contributed by atoms with Crippen LogP contribution >= 0.6 is 11.8 Å². The monoisotopic (exact) mass is 418 g/mol. The van der Waals surface area contributed by atoms with Crippen molar-refractivity contribution >= 4 is 17.5 Å². The van der Waals surface area contributed by atoms with Crippen LogP contribution in [0.3, 0.4) is 0 Å². The highest BCUT2D eigenvalue weighted by Crippen LogP contribution is 2.26. The molecule has 0 fully saturated rings. The van der Waals surface area contributed by atoms with E-state index in [4.69, 9.17) is 4.42 Å². The molecule has 0 amide bonds. The summed E-state index contributed by atoms with van der Waals surface area (Å²) in [6.07, 6.45) is 1.65. The van der Waals surface area contributed by atoms with Crippen LogP contribution in [0.25, 0.3) is 11.5 Å². The highest BCUT2D eigenvalue weighted by molar-refractivity contribution is 7.99. The van der Waals surface area contributed by atoms with Gasteiger partial charge in [0, 0.05) is 11.1 Å². The van der Waals surface area contributed by atoms with Crippen LogP contribution in [-0.2, 0) is 12.8 Å². The number of nitrogens with zero attached hydrogens (tertiary/aromatic N) is 2. The van der Waals surface area contributed by atoms with Crippen molar-refractivity contribution in [1.29, 1.82) is 0 Å². The second kappa shape index (κ2) is 9.65. The number of halogens is 2. The molecule has 29 heavy (non-hydrogen) atoms. The van der Waals surface area contributed by atoms with Gasteiger partial charge in [-0.2, -0.15) is 8.78 Å². The Hall–Kier alpha value is -2.74. The van der Waals surface area contributed by atoms with Gasteiger partial charge in [-0.1, -0.05) is 37.7 Å². The van der Waals surface area contributed by atoms with Gasteiger partial charge in [-0.3, -0.25) is 4.79 Å². The molecule has 0 aliphatic carbocycles. The fourth-order valence-electron chi connectivity index (χ4n) is 2.78. The molecular weight excluding hydrogens is 398 g/mol. The van der Waals surface area contributed by atoms with Crippen molar-refractivity contribution < 1.29 is 22.7 Å². The van der Waals surface area contributed by atoms with Gasteiger partial charge in [0.1, 0.15) is 5.75 Å². The average molecular weight is 418 g/mol. The molecule has 1 heterocycles. The largest absolute Gasteiger partial charge is 0.435 e. The average Bonchev–Trinajstić information content (AvgIpc) is 3.20. The van der Waals surface area contributed by atoms with Crippen LogP contribution in [0.1, 0.15) is 35.3 Å². The Morgan fingerprint density at radius 1 is 1.10 bits per heavy atom. The molecule has 0 spiro atoms. The van der Waals surface area contributed by atoms with Crippen LogP contribution in [-0.4, -0.2) is 28.3 Å². The molecule has 0 saturated heterocycles. The summed E-state index contributed by atoms with van der Waals surface area (Å²) < 4.78 is 34.3. The normalized spacial score (nSPS) is 11.1. The van der Waals surface area contributed by atoms with Gasteiger partial charge in [-0.05, 0) is 54.3 Å². The molecule has 0 saturated carbocycles. The van der Waals surface area contributed by atoms with E-state index in [1.807, 2.05) is 25.1 Å². The van der Waals surface area contributed by atoms with Crippen molar-refractivity contribution in [1.82, 2.24) is 10.2 Å². The number of carbonyl (C=O) groups excluding carboxylic acids is 1. The van der Waals surface area contributed by atoms with Crippen LogP contribution in [0.5, 0.6) is 5.75 Å². The maximum Gasteiger partial charge on any atom is 0.387 e. The van der Waals surface area contributed by atoms with Gasteiger partial charge in [-0.15, -0.1) is 10.2 Å². The fourth-order valence-corrected chi connectivity index (χ4v) is 3.43. The first-order valence-electron chi connectivity index (χ1n) is 9.16. The van der Waals surface area contributed by atoms with Crippen LogP contribution in [0.4, 0.5) is 8.78 Å². The van der Waals surface area contributed by atoms with Crippen molar-refractivity contribution in [2.24, 2.45) is 0 Å². The molecule has 0 radical (unpaired) electrons. The minimum Gasteiger partial charge on any atom is -0.435 e. The van der Waals surface area contributed by atoms with Crippen molar-refractivity contribution in [3.8, 4) is 17.2 Å². The highest BCUT2D eigenvalue weighted by Gasteiger charge is 2.15. The van der Waals surface area contributed by atoms with E-state index in [9.17, 15) is 13.6 Å². The van der Waals surface area contributed by atoms with E-state index >= 15 is 0 Å². The van der Waals surface area contributed by atoms with E-state index in [1.54, 1.807) is 12.1 Å². The third-order valence-corrected chi connectivity index (χ3v) is 5.14. The first-order valence-corrected chi connectivity index (χ1v) is 10.1. The zero-order valence-corrected chi connectivity index (χ0v) is 16.8. The number of ketones is 1. The molecule has 152 valence electrons. The molecule has 3 rings (SSSR count). The molecule has 0 bridgehead atoms. The SMILES string of the molecule is CCc1ccc(CC)c(C(=O)CSc2nnc(-c3ccc(OC(F)F)cc3)o2)c1. The number of Topliss-reactive ketones (excluding diaryl/α,β-unsaturated/α-hetero) is 1. The minimum absolute atomic E-state index is 0.00963. The quantitative estimate of drug-likeness (QED) is 0.341. The van der Waals surface area contributed by atoms with Crippen molar-refractivity contribution in [2.45, 2.75) is 38.5 Å². The number of benzene rings is 2. The van der Waals surface area contributed by atoms with Crippen LogP contribution in [0, 0.1) is 0 Å². The molecule has 1 aromatic heterocycles. The molecule has 2 aromatic carbocycles. The smallest absolute Gasteiger partial charge is 0.387 e. The maximum atomic E-state index is 12.7. The number of rotatable bonds is 9. The molecule has 0 atom stereocenters. The van der Waals surface area contributed by atoms with Gasteiger partial charge in [0.2, 0.25) is 5.89 Å². The van der Waals surface area contributed by atoms with Crippen molar-refractivity contribution in [3.05, 3.63) is 59.2 Å². The lowest BCUT2D eigenvalue weighted by molar-refractivity contribution is -0.0498. The third-order valence-electron chi connectivity index (χ3n) is 4.32. The van der Waals surface area contributed by atoms with Crippen LogP contribution in [0.15, 0.2) is 52.1 Å². The van der Waals surface area contributed by atoms with E-state index in [2.05, 4.69) is 21.9 Å². The number of hydrogen-bond acceptors (Lipinski definition) is 6. The summed E-state index contributed by atoms with van der Waals surface area (Å²) in [5, 5.41) is 8.17. The summed E-state index contributed by atoms with van der Waals surface area (Å²) in [6, 6.07) is 11.9. The molecular formula is C21H20F2N2O3S. The standard InChI is InChI=1S/C21H20F2N2O3S/c1-3-13-5-6-14(4-2)17(11-13)18(26)12-29-21-25-24-19(28-21)15-7-9-16(10-8-15)27-20(22)23/h5-11,20H,3-4,12H2,1-2H3. The summed E-state index contributed by atoms with van der Waals surface area (Å²) >= 11 is 1.17. The van der Waals surface area contributed by atoms with E-state index in [0.717, 1.165) is 29.5 Å². The molecule has 3 aromatic rings. The van der Waals surface area contributed by atoms with Crippen LogP contribution < -0.4 is 4.74 Å². The molecule has 0 N–H and O–H groups in total. The predicted molar refractivity (Wildman–Crippen MR) is 107 cm³/mol. The first-order chi connectivity index (χ1) is 14.0. The Balaban J connectivity index is 1.65. The number of aromatic nitrogens is 2. The Bertz CT molecular complexity index is 974. The molecule has 5 nitrogen and oxygen atoms in total. The number of carbonyl (C=O) groups is 1. The topological polar surface area (TPSA) is 65.2 Å². The van der Waals surface area contributed by atoms with E-state index in [-0.39, 0.29) is 28.4 Å². The summed E-state index contributed by atoms with van der Waals surface area (Å²) in [6.45, 7) is 1.19. The number of hydrogen-bond donors (Lipinski definition) is 0. The zero-order chi connectivity index (χ0) is 20.8. The minimum atomic E-state index is -2.88. The zero-order valence-electron chi connectivity index (χ0n) is 16.0. The Morgan fingerprint density at radius 3 is 2.52 bits per heavy atom. The van der Waals surface area contributed by atoms with Gasteiger partial charge < -0.3 is 9.15 Å². The predicted octanol–water partition coefficient (Wildman–Crippen LogP) is 5.44. The Kier molecular flexibility index (Phi) is 6.98. The van der Waals surface area contributed by atoms with Gasteiger partial charge >= 0.3 is 6.61 Å². The Labute approximate surface area is 171 Å². The fraction of sp³-hybridized carbons (Fsp3) is 0.286. The van der Waals surface area contributed by atoms with Gasteiger partial charge in [0.15, 0.2) is 5.78 Å². The van der Waals surface area contributed by atoms with Crippen molar-refractivity contribution in [2.75, 3.05) is 5.75 Å². The summed E-state index contributed by atoms with van der Waals surface area (Å²) in [5.41, 5.74) is 3.44. The lowest BCUT2D eigenvalue weighted by atomic mass is 9.98. The van der Waals surface area contributed by atoms with Gasteiger partial charge in [0.25, 0.3) is 5.22 Å². The van der Waals surface area contributed by atoms with Gasteiger partial charge in [-0.25, -0.2) is 0 Å². The molecule has 0 aliphatic heterocycles. The second-order valence-electron chi connectivity index (χ2n) is 6.19. The summed E-state index contributed by atoms with van der Waals surface area (Å²) in [7, 11) is 0. The van der Waals surface area contributed by atoms with E-state index in [1.165, 1.54) is 23.9 Å². The van der Waals surface area contributed by atoms with E-state index < -0.39 is 6.61 Å². The lowest BCUT2D eigenvalue weighted by Crippen LogP contribution is -2.07. The maximum absolute atomic E-state index is 12.7. The first kappa shape index (κ1) is 21.0. The molecule has 0 aliphatic rings. The number of aryl methyl sites for hydroxylation is 2. The van der Waals surface area contributed by atoms with E-state index in [0.29, 0.717) is 5.56 Å². The highest BCUT2D eigenvalue weighted by atomic mass is 32.2. The second-order valence-corrected chi connectivity index (χ2v) is 7.11. The number of ether oxygens (including phenoxy) is 1. The molecule has 0 unspecified atom stereocenters. The molecule has 8 heteroatoms. The Morgan fingerprint density at radius 2 is 1.86 bits per heavy atom. The van der Waals surface area contributed by atoms with Gasteiger partial charge in [0.05, 0.1) is 5.75 Å². The third kappa shape index (κ3) is 5.41. The van der Waals surface area contributed by atoms with Crippen molar-refractivity contribution in [3.63, 3.8) is 0 Å². The summed E-state index contributed by atoms with van der Waals surface area (Å²) in [4.78, 5) is 12.7. The van der Waals surface area contributed by atoms with Crippen LogP contribution in [0.2, 0.25) is 0 Å². The lowest BCUT2D eigenvalue weighted by Gasteiger charge is -2.08. The number of alkyl halides is 2. The number of thioether (sulfide) groups is 1. The summed E-state index contributed by atoms with van der Waals surface area (Å²) in [5.74, 6) is 0.480.